The number of alkyl halides is 3. The molecule has 1 heterocycles. The molecule has 7 heteroatoms. The van der Waals surface area contributed by atoms with Gasteiger partial charge in [-0.1, -0.05) is 36.7 Å². The normalized spacial score (nSPS) is 18.4. The van der Waals surface area contributed by atoms with E-state index in [-0.39, 0.29) is 27.5 Å². The Hall–Kier alpha value is -2.31. The van der Waals surface area contributed by atoms with Crippen molar-refractivity contribution in [3.63, 3.8) is 0 Å². The Bertz CT molecular complexity index is 1080. The predicted molar refractivity (Wildman–Crippen MR) is 115 cm³/mol. The van der Waals surface area contributed by atoms with Crippen molar-refractivity contribution in [2.45, 2.75) is 58.4 Å². The van der Waals surface area contributed by atoms with Crippen LogP contribution >= 0.6 is 11.6 Å². The molecule has 3 rings (SSSR count). The Labute approximate surface area is 184 Å². The van der Waals surface area contributed by atoms with Gasteiger partial charge in [0.15, 0.2) is 5.78 Å². The maximum atomic E-state index is 13.7. The van der Waals surface area contributed by atoms with Crippen molar-refractivity contribution in [2.24, 2.45) is 0 Å². The molecule has 1 aliphatic heterocycles. The van der Waals surface area contributed by atoms with Gasteiger partial charge >= 0.3 is 6.18 Å². The van der Waals surface area contributed by atoms with Crippen LogP contribution in [0.1, 0.15) is 51.3 Å². The molecule has 2 aromatic carbocycles. The quantitative estimate of drug-likeness (QED) is 0.544. The second-order valence-corrected chi connectivity index (χ2v) is 9.02. The van der Waals surface area contributed by atoms with E-state index < -0.39 is 28.7 Å². The van der Waals surface area contributed by atoms with Crippen LogP contribution < -0.4 is 0 Å². The Morgan fingerprint density at radius 2 is 1.65 bits per heavy atom. The smallest absolute Gasteiger partial charge is 0.417 e. The number of carbonyl (C=O) groups excluding carboxylic acids is 1. The zero-order valence-corrected chi connectivity index (χ0v) is 18.7. The van der Waals surface area contributed by atoms with E-state index in [2.05, 4.69) is 0 Å². The van der Waals surface area contributed by atoms with Crippen LogP contribution in [-0.2, 0) is 22.1 Å². The summed E-state index contributed by atoms with van der Waals surface area (Å²) in [6.07, 6.45) is -4.09. The van der Waals surface area contributed by atoms with Crippen LogP contribution in [0.25, 0.3) is 16.7 Å². The molecule has 0 bridgehead atoms. The fourth-order valence-electron chi connectivity index (χ4n) is 3.98. The molecule has 0 saturated heterocycles. The highest BCUT2D eigenvalue weighted by Crippen LogP contribution is 2.43. The van der Waals surface area contributed by atoms with Crippen LogP contribution in [0.3, 0.4) is 0 Å². The standard InChI is InChI=1S/C24H24ClF3O3/c1-6-13-7-8-14(16-10-9-15(25)12-18(16)24(26,27)28)11-17(13)19-20(29)22(2,3)31-23(4,5)21(19)30/h7-12,29H,6H2,1-5H3. The van der Waals surface area contributed by atoms with Gasteiger partial charge < -0.3 is 9.84 Å². The number of rotatable bonds is 3. The topological polar surface area (TPSA) is 46.5 Å². The Morgan fingerprint density at radius 3 is 2.23 bits per heavy atom. The number of carbonyl (C=O) groups is 1. The highest BCUT2D eigenvalue weighted by molar-refractivity contribution is 6.30. The van der Waals surface area contributed by atoms with Crippen LogP contribution in [0, 0.1) is 0 Å². The second kappa shape index (κ2) is 7.68. The molecule has 0 saturated carbocycles. The lowest BCUT2D eigenvalue weighted by molar-refractivity contribution is -0.158. The van der Waals surface area contributed by atoms with Gasteiger partial charge in [0.25, 0.3) is 0 Å². The van der Waals surface area contributed by atoms with E-state index in [1.54, 1.807) is 39.8 Å². The van der Waals surface area contributed by atoms with Crippen molar-refractivity contribution < 1.29 is 27.8 Å². The van der Waals surface area contributed by atoms with Gasteiger partial charge in [-0.3, -0.25) is 4.79 Å². The second-order valence-electron chi connectivity index (χ2n) is 8.59. The van der Waals surface area contributed by atoms with Crippen molar-refractivity contribution in [2.75, 3.05) is 0 Å². The fourth-order valence-corrected chi connectivity index (χ4v) is 4.15. The van der Waals surface area contributed by atoms with Gasteiger partial charge in [-0.2, -0.15) is 13.2 Å². The first-order chi connectivity index (χ1) is 14.2. The lowest BCUT2D eigenvalue weighted by Gasteiger charge is -2.40. The van der Waals surface area contributed by atoms with Crippen molar-refractivity contribution in [3.05, 3.63) is 63.9 Å². The number of ketones is 1. The van der Waals surface area contributed by atoms with E-state index in [1.807, 2.05) is 6.92 Å². The first-order valence-corrected chi connectivity index (χ1v) is 10.3. The van der Waals surface area contributed by atoms with Crippen molar-refractivity contribution in [1.82, 2.24) is 0 Å². The zero-order chi connectivity index (χ0) is 23.4. The number of aryl methyl sites for hydroxylation is 1. The number of Topliss-reactive ketones (excluding diaryl/α,β-unsaturated/α-hetero) is 1. The molecule has 31 heavy (non-hydrogen) atoms. The number of aliphatic hydroxyl groups excluding tert-OH is 1. The summed E-state index contributed by atoms with van der Waals surface area (Å²) >= 11 is 5.81. The predicted octanol–water partition coefficient (Wildman–Crippen LogP) is 7.01. The minimum absolute atomic E-state index is 0.0232. The first kappa shape index (κ1) is 23.4. The Balaban J connectivity index is 2.31. The minimum Gasteiger partial charge on any atom is -0.508 e. The largest absolute Gasteiger partial charge is 0.508 e. The number of benzene rings is 2. The van der Waals surface area contributed by atoms with Gasteiger partial charge in [-0.25, -0.2) is 0 Å². The maximum Gasteiger partial charge on any atom is 0.417 e. The summed E-state index contributed by atoms with van der Waals surface area (Å²) in [6, 6.07) is 8.37. The molecule has 0 aromatic heterocycles. The van der Waals surface area contributed by atoms with Gasteiger partial charge in [0, 0.05) is 5.02 Å². The number of aliphatic hydroxyl groups is 1. The fraction of sp³-hybridized carbons (Fsp3) is 0.375. The molecule has 1 aliphatic rings. The molecule has 0 aliphatic carbocycles. The van der Waals surface area contributed by atoms with Gasteiger partial charge in [0.05, 0.1) is 11.1 Å². The van der Waals surface area contributed by atoms with E-state index in [0.717, 1.165) is 11.6 Å². The highest BCUT2D eigenvalue weighted by atomic mass is 35.5. The number of hydrogen-bond donors (Lipinski definition) is 1. The number of ether oxygens (including phenoxy) is 1. The third kappa shape index (κ3) is 4.23. The lowest BCUT2D eigenvalue weighted by Crippen LogP contribution is -2.49. The molecule has 0 amide bonds. The van der Waals surface area contributed by atoms with Crippen LogP contribution in [0.4, 0.5) is 13.2 Å². The SMILES string of the molecule is CCc1ccc(-c2ccc(Cl)cc2C(F)(F)F)cc1C1=C(O)C(C)(C)OC(C)(C)C1=O. The average molecular weight is 453 g/mol. The molecule has 3 nitrogen and oxygen atoms in total. The van der Waals surface area contributed by atoms with Crippen molar-refractivity contribution >= 4 is 23.0 Å². The molecule has 0 radical (unpaired) electrons. The summed E-state index contributed by atoms with van der Waals surface area (Å²) in [5.41, 5.74) is -1.79. The Kier molecular flexibility index (Phi) is 5.78. The summed E-state index contributed by atoms with van der Waals surface area (Å²) in [5.74, 6) is -0.667. The molecular weight excluding hydrogens is 429 g/mol. The monoisotopic (exact) mass is 452 g/mol. The van der Waals surface area contributed by atoms with E-state index in [9.17, 15) is 23.1 Å². The summed E-state index contributed by atoms with van der Waals surface area (Å²) in [5, 5.41) is 10.9. The molecule has 0 unspecified atom stereocenters. The molecule has 0 spiro atoms. The van der Waals surface area contributed by atoms with E-state index in [1.165, 1.54) is 18.2 Å². The molecule has 0 fully saturated rings. The van der Waals surface area contributed by atoms with Crippen LogP contribution in [0.5, 0.6) is 0 Å². The van der Waals surface area contributed by atoms with Crippen molar-refractivity contribution in [1.29, 1.82) is 0 Å². The first-order valence-electron chi connectivity index (χ1n) is 9.88. The van der Waals surface area contributed by atoms with Crippen molar-refractivity contribution in [3.8, 4) is 11.1 Å². The third-order valence-corrected chi connectivity index (χ3v) is 5.68. The summed E-state index contributed by atoms with van der Waals surface area (Å²) in [6.45, 7) is 8.39. The van der Waals surface area contributed by atoms with Gasteiger partial charge in [-0.05, 0) is 74.6 Å². The minimum atomic E-state index is -4.61. The number of halogens is 4. The van der Waals surface area contributed by atoms with E-state index in [0.29, 0.717) is 12.0 Å². The zero-order valence-electron chi connectivity index (χ0n) is 17.9. The van der Waals surface area contributed by atoms with Crippen LogP contribution in [0.2, 0.25) is 5.02 Å². The number of hydrogen-bond acceptors (Lipinski definition) is 3. The molecule has 166 valence electrons. The maximum absolute atomic E-state index is 13.7. The summed E-state index contributed by atoms with van der Waals surface area (Å²) < 4.78 is 46.8. The van der Waals surface area contributed by atoms with E-state index in [4.69, 9.17) is 16.3 Å². The lowest BCUT2D eigenvalue weighted by atomic mass is 9.80. The van der Waals surface area contributed by atoms with E-state index >= 15 is 0 Å². The molecule has 1 N–H and O–H groups in total. The molecule has 0 atom stereocenters. The molecule has 2 aromatic rings. The Morgan fingerprint density at radius 1 is 1.00 bits per heavy atom. The third-order valence-electron chi connectivity index (χ3n) is 5.45. The van der Waals surface area contributed by atoms with Crippen LogP contribution in [0.15, 0.2) is 42.2 Å². The highest BCUT2D eigenvalue weighted by Gasteiger charge is 2.47. The van der Waals surface area contributed by atoms with Gasteiger partial charge in [-0.15, -0.1) is 0 Å². The summed E-state index contributed by atoms with van der Waals surface area (Å²) in [4.78, 5) is 13.2. The van der Waals surface area contributed by atoms with Gasteiger partial charge in [0.1, 0.15) is 17.0 Å². The average Bonchev–Trinajstić information content (AvgIpc) is 2.65. The molecular formula is C24H24ClF3O3. The van der Waals surface area contributed by atoms with Gasteiger partial charge in [0.2, 0.25) is 0 Å². The van der Waals surface area contributed by atoms with Crippen LogP contribution in [-0.4, -0.2) is 22.1 Å². The summed E-state index contributed by atoms with van der Waals surface area (Å²) in [7, 11) is 0.